The number of carbonyl (C=O) groups excluding carboxylic acids is 1. The first-order valence-electron chi connectivity index (χ1n) is 15.5. The van der Waals surface area contributed by atoms with Gasteiger partial charge in [0.2, 0.25) is 0 Å². The standard InChI is InChI=1S/C36H40FNO6/c1-21-13-14-33(2)24(15-21)11-12-27-28-17-31-36(30(41)19-39,34(28,3)18-29(40)35(27,33)37)44-32(43-31)23-9-7-22(8-10-23)20-42-26-6-4-5-25(38)16-26/h4-10,13-16,27-29,31-32,39-40H,1,11-12,17-20,38H2,2-3H3/t27-,28-,29-,31+,32-,33-,34-,35-,36+/m0/s1. The quantitative estimate of drug-likeness (QED) is 0.374. The Hall–Kier alpha value is -3.30. The van der Waals surface area contributed by atoms with Crippen LogP contribution in [-0.2, 0) is 20.9 Å². The Balaban J connectivity index is 1.16. The number of anilines is 1. The molecule has 1 heterocycles. The van der Waals surface area contributed by atoms with E-state index in [1.807, 2.05) is 68.5 Å². The molecule has 2 aromatic rings. The summed E-state index contributed by atoms with van der Waals surface area (Å²) in [4.78, 5) is 13.7. The average Bonchev–Trinajstić information content (AvgIpc) is 3.50. The SMILES string of the molecule is C=C1C=C[C@@]2(C)C(=C1)CC[C@H]1[C@@H]3C[C@H]4O[C@H](c5ccc(COc6cccc(N)c6)cc5)O[C@@]4(C(=O)CO)[C@@]3(C)C[C@H](O)[C@@]12F. The van der Waals surface area contributed by atoms with E-state index in [-0.39, 0.29) is 12.3 Å². The first kappa shape index (κ1) is 29.4. The van der Waals surface area contributed by atoms with Gasteiger partial charge in [-0.05, 0) is 61.8 Å². The van der Waals surface area contributed by atoms with Crippen LogP contribution >= 0.6 is 0 Å². The number of alkyl halides is 1. The first-order valence-corrected chi connectivity index (χ1v) is 15.5. The number of ketones is 1. The Kier molecular flexibility index (Phi) is 6.76. The van der Waals surface area contributed by atoms with Gasteiger partial charge < -0.3 is 30.2 Å². The van der Waals surface area contributed by atoms with Crippen molar-refractivity contribution in [3.63, 3.8) is 0 Å². The van der Waals surface area contributed by atoms with E-state index >= 15 is 4.39 Å². The highest BCUT2D eigenvalue weighted by molar-refractivity contribution is 5.91. The second kappa shape index (κ2) is 10.1. The van der Waals surface area contributed by atoms with Gasteiger partial charge in [0.1, 0.15) is 19.0 Å². The third-order valence-corrected chi connectivity index (χ3v) is 11.5. The average molecular weight is 602 g/mol. The number of halogens is 1. The molecule has 7 rings (SSSR count). The normalized spacial score (nSPS) is 40.4. The lowest BCUT2D eigenvalue weighted by Gasteiger charge is -2.62. The molecule has 232 valence electrons. The van der Waals surface area contributed by atoms with E-state index < -0.39 is 58.9 Å². The molecule has 1 aliphatic heterocycles. The predicted octanol–water partition coefficient (Wildman–Crippen LogP) is 5.53. The van der Waals surface area contributed by atoms with Crippen LogP contribution in [0, 0.1) is 22.7 Å². The van der Waals surface area contributed by atoms with Crippen LogP contribution in [0.2, 0.25) is 0 Å². The number of rotatable bonds is 6. The van der Waals surface area contributed by atoms with Gasteiger partial charge in [0.05, 0.1) is 12.2 Å². The lowest BCUT2D eigenvalue weighted by atomic mass is 9.44. The van der Waals surface area contributed by atoms with Crippen molar-refractivity contribution in [2.45, 2.75) is 75.9 Å². The monoisotopic (exact) mass is 601 g/mol. The summed E-state index contributed by atoms with van der Waals surface area (Å²) < 4.78 is 36.6. The fourth-order valence-electron chi connectivity index (χ4n) is 9.34. The fourth-order valence-corrected chi connectivity index (χ4v) is 9.34. The van der Waals surface area contributed by atoms with Crippen molar-refractivity contribution in [3.8, 4) is 5.75 Å². The highest BCUT2D eigenvalue weighted by Crippen LogP contribution is 2.72. The van der Waals surface area contributed by atoms with Gasteiger partial charge in [0, 0.05) is 34.1 Å². The number of allylic oxidation sites excluding steroid dienone is 5. The molecule has 0 unspecified atom stereocenters. The topological polar surface area (TPSA) is 111 Å². The number of carbonyl (C=O) groups is 1. The molecule has 4 N–H and O–H groups in total. The molecule has 4 aliphatic carbocycles. The van der Waals surface area contributed by atoms with Crippen molar-refractivity contribution in [3.05, 3.63) is 95.6 Å². The van der Waals surface area contributed by atoms with Crippen LogP contribution in [0.15, 0.2) is 84.5 Å². The molecule has 0 radical (unpaired) electrons. The summed E-state index contributed by atoms with van der Waals surface area (Å²) in [6.45, 7) is 7.44. The van der Waals surface area contributed by atoms with E-state index in [4.69, 9.17) is 19.9 Å². The van der Waals surface area contributed by atoms with E-state index in [9.17, 15) is 15.0 Å². The van der Waals surface area contributed by atoms with Crippen LogP contribution in [0.4, 0.5) is 10.1 Å². The maximum absolute atomic E-state index is 17.6. The molecule has 0 bridgehead atoms. The van der Waals surface area contributed by atoms with Crippen LogP contribution in [-0.4, -0.2) is 46.1 Å². The van der Waals surface area contributed by atoms with E-state index in [1.165, 1.54) is 0 Å². The van der Waals surface area contributed by atoms with Crippen molar-refractivity contribution in [2.75, 3.05) is 12.3 Å². The minimum atomic E-state index is -1.93. The number of aliphatic hydroxyl groups excluding tert-OH is 2. The summed E-state index contributed by atoms with van der Waals surface area (Å²) in [6.07, 6.45) is 4.40. The van der Waals surface area contributed by atoms with Crippen molar-refractivity contribution < 1.29 is 33.6 Å². The number of benzene rings is 2. The van der Waals surface area contributed by atoms with Crippen LogP contribution in [0.25, 0.3) is 0 Å². The van der Waals surface area contributed by atoms with Crippen molar-refractivity contribution in [2.24, 2.45) is 22.7 Å². The van der Waals surface area contributed by atoms with E-state index in [2.05, 4.69) is 6.58 Å². The number of ether oxygens (including phenoxy) is 3. The molecule has 44 heavy (non-hydrogen) atoms. The number of hydrogen-bond acceptors (Lipinski definition) is 7. The molecule has 8 heteroatoms. The molecule has 0 spiro atoms. The molecule has 7 nitrogen and oxygen atoms in total. The molecule has 2 aromatic carbocycles. The van der Waals surface area contributed by atoms with Gasteiger partial charge in [-0.15, -0.1) is 0 Å². The van der Waals surface area contributed by atoms with Gasteiger partial charge in [0.15, 0.2) is 23.3 Å². The number of hydrogen-bond donors (Lipinski definition) is 3. The van der Waals surface area contributed by atoms with Gasteiger partial charge >= 0.3 is 0 Å². The van der Waals surface area contributed by atoms with Gasteiger partial charge in [-0.3, -0.25) is 4.79 Å². The first-order chi connectivity index (χ1) is 21.0. The summed E-state index contributed by atoms with van der Waals surface area (Å²) in [5.74, 6) is -0.626. The number of fused-ring (bicyclic) bond motifs is 7. The molecule has 0 amide bonds. The van der Waals surface area contributed by atoms with Gasteiger partial charge in [-0.1, -0.05) is 67.6 Å². The van der Waals surface area contributed by atoms with Gasteiger partial charge in [0.25, 0.3) is 0 Å². The summed E-state index contributed by atoms with van der Waals surface area (Å²) in [5, 5.41) is 22.0. The van der Waals surface area contributed by atoms with E-state index in [0.29, 0.717) is 37.3 Å². The Labute approximate surface area is 257 Å². The van der Waals surface area contributed by atoms with E-state index in [1.54, 1.807) is 12.1 Å². The molecule has 1 saturated heterocycles. The Morgan fingerprint density at radius 2 is 1.95 bits per heavy atom. The molecule has 4 fully saturated rings. The Morgan fingerprint density at radius 3 is 2.68 bits per heavy atom. The minimum Gasteiger partial charge on any atom is -0.489 e. The summed E-state index contributed by atoms with van der Waals surface area (Å²) >= 11 is 0. The lowest BCUT2D eigenvalue weighted by molar-refractivity contribution is -0.231. The predicted molar refractivity (Wildman–Crippen MR) is 163 cm³/mol. The second-order valence-electron chi connectivity index (χ2n) is 13.7. The molecule has 9 atom stereocenters. The maximum atomic E-state index is 17.6. The summed E-state index contributed by atoms with van der Waals surface area (Å²) in [5.41, 5.74) is 4.52. The van der Waals surface area contributed by atoms with Gasteiger partial charge in [-0.2, -0.15) is 0 Å². The fraction of sp³-hybridized carbons (Fsp3) is 0.472. The number of Topliss-reactive ketones (excluding diaryl/α,β-unsaturated/α-hetero) is 1. The molecular weight excluding hydrogens is 561 g/mol. The van der Waals surface area contributed by atoms with Crippen molar-refractivity contribution in [1.82, 2.24) is 0 Å². The van der Waals surface area contributed by atoms with E-state index in [0.717, 1.165) is 22.3 Å². The maximum Gasteiger partial charge on any atom is 0.193 e. The minimum absolute atomic E-state index is 0.0148. The van der Waals surface area contributed by atoms with Crippen LogP contribution < -0.4 is 10.5 Å². The number of nitrogen functional groups attached to an aromatic ring is 1. The molecular formula is C36H40FNO6. The molecule has 3 saturated carbocycles. The summed E-state index contributed by atoms with van der Waals surface area (Å²) in [7, 11) is 0. The molecule has 5 aliphatic rings. The van der Waals surface area contributed by atoms with Crippen LogP contribution in [0.1, 0.15) is 56.9 Å². The Bertz CT molecular complexity index is 1570. The third-order valence-electron chi connectivity index (χ3n) is 11.5. The van der Waals surface area contributed by atoms with Crippen LogP contribution in [0.3, 0.4) is 0 Å². The number of nitrogens with two attached hydrogens (primary N) is 1. The van der Waals surface area contributed by atoms with Gasteiger partial charge in [-0.25, -0.2) is 4.39 Å². The zero-order valence-corrected chi connectivity index (χ0v) is 25.2. The summed E-state index contributed by atoms with van der Waals surface area (Å²) in [6, 6.07) is 14.8. The highest BCUT2D eigenvalue weighted by Gasteiger charge is 2.79. The van der Waals surface area contributed by atoms with Crippen LogP contribution in [0.5, 0.6) is 5.75 Å². The van der Waals surface area contributed by atoms with Crippen molar-refractivity contribution in [1.29, 1.82) is 0 Å². The number of aliphatic hydroxyl groups is 2. The zero-order chi connectivity index (χ0) is 31.1. The van der Waals surface area contributed by atoms with Crippen molar-refractivity contribution >= 4 is 11.5 Å². The smallest absolute Gasteiger partial charge is 0.193 e. The highest BCUT2D eigenvalue weighted by atomic mass is 19.1. The lowest BCUT2D eigenvalue weighted by Crippen LogP contribution is -2.69. The zero-order valence-electron chi connectivity index (χ0n) is 25.2. The Morgan fingerprint density at radius 1 is 1.18 bits per heavy atom. The largest absolute Gasteiger partial charge is 0.489 e. The molecule has 0 aromatic heterocycles. The third kappa shape index (κ3) is 3.90. The second-order valence-corrected chi connectivity index (χ2v) is 13.7.